The van der Waals surface area contributed by atoms with E-state index in [1.807, 2.05) is 29.5 Å². The second kappa shape index (κ2) is 6.02. The van der Waals surface area contributed by atoms with Crippen LogP contribution in [-0.2, 0) is 13.0 Å². The van der Waals surface area contributed by atoms with Crippen LogP contribution < -0.4 is 5.32 Å². The molecule has 0 aromatic carbocycles. The number of hydrogen-bond donors (Lipinski definition) is 1. The number of aryl methyl sites for hydroxylation is 1. The van der Waals surface area contributed by atoms with Crippen molar-refractivity contribution in [3.05, 3.63) is 45.2 Å². The van der Waals surface area contributed by atoms with Gasteiger partial charge in [-0.25, -0.2) is 9.97 Å². The second-order valence-corrected chi connectivity index (χ2v) is 7.39. The topological polar surface area (TPSA) is 58.1 Å². The van der Waals surface area contributed by atoms with Crippen LogP contribution in [0.3, 0.4) is 0 Å². The van der Waals surface area contributed by atoms with Crippen molar-refractivity contribution < 1.29 is 4.79 Å². The summed E-state index contributed by atoms with van der Waals surface area (Å²) in [6.07, 6.45) is 5.02. The van der Waals surface area contributed by atoms with E-state index >= 15 is 0 Å². The Bertz CT molecular complexity index is 736. The molecule has 1 atom stereocenters. The Labute approximate surface area is 139 Å². The second-order valence-electron chi connectivity index (χ2n) is 6.27. The van der Waals surface area contributed by atoms with Gasteiger partial charge in [0, 0.05) is 41.5 Å². The van der Waals surface area contributed by atoms with Gasteiger partial charge in [-0.3, -0.25) is 4.79 Å². The van der Waals surface area contributed by atoms with Crippen LogP contribution in [0.1, 0.15) is 51.2 Å². The first-order valence-electron chi connectivity index (χ1n) is 8.13. The van der Waals surface area contributed by atoms with Crippen LogP contribution in [0.2, 0.25) is 0 Å². The predicted octanol–water partition coefficient (Wildman–Crippen LogP) is 2.47. The SMILES string of the molecule is Cc1cc(C(=O)N2CCc3nc([C@H]4CCCN4)ncc3C2)cs1. The molecular formula is C17H20N4OS. The van der Waals surface area contributed by atoms with Crippen molar-refractivity contribution in [1.82, 2.24) is 20.2 Å². The van der Waals surface area contributed by atoms with Gasteiger partial charge in [0.25, 0.3) is 5.91 Å². The van der Waals surface area contributed by atoms with E-state index < -0.39 is 0 Å². The summed E-state index contributed by atoms with van der Waals surface area (Å²) in [7, 11) is 0. The zero-order chi connectivity index (χ0) is 15.8. The van der Waals surface area contributed by atoms with Crippen LogP contribution in [0.15, 0.2) is 17.6 Å². The number of nitrogens with one attached hydrogen (secondary N) is 1. The van der Waals surface area contributed by atoms with Crippen molar-refractivity contribution >= 4 is 17.2 Å². The smallest absolute Gasteiger partial charge is 0.255 e. The molecule has 0 radical (unpaired) electrons. The molecule has 4 rings (SSSR count). The number of nitrogens with zero attached hydrogens (tertiary/aromatic N) is 3. The van der Waals surface area contributed by atoms with Gasteiger partial charge in [0.2, 0.25) is 0 Å². The van der Waals surface area contributed by atoms with Gasteiger partial charge in [0.15, 0.2) is 0 Å². The van der Waals surface area contributed by atoms with Crippen molar-refractivity contribution in [2.75, 3.05) is 13.1 Å². The maximum atomic E-state index is 12.6. The van der Waals surface area contributed by atoms with Crippen molar-refractivity contribution in [1.29, 1.82) is 0 Å². The summed E-state index contributed by atoms with van der Waals surface area (Å²) in [6.45, 7) is 4.42. The third kappa shape index (κ3) is 2.88. The molecule has 23 heavy (non-hydrogen) atoms. The summed E-state index contributed by atoms with van der Waals surface area (Å²) >= 11 is 1.62. The van der Waals surface area contributed by atoms with Crippen LogP contribution >= 0.6 is 11.3 Å². The summed E-state index contributed by atoms with van der Waals surface area (Å²) < 4.78 is 0. The minimum Gasteiger partial charge on any atom is -0.334 e. The van der Waals surface area contributed by atoms with Crippen molar-refractivity contribution in [3.63, 3.8) is 0 Å². The Morgan fingerprint density at radius 2 is 2.39 bits per heavy atom. The first-order valence-corrected chi connectivity index (χ1v) is 9.01. The Morgan fingerprint density at radius 1 is 1.48 bits per heavy atom. The number of aromatic nitrogens is 2. The number of thiophene rings is 1. The van der Waals surface area contributed by atoms with E-state index in [1.165, 1.54) is 11.3 Å². The fourth-order valence-electron chi connectivity index (χ4n) is 3.32. The molecule has 0 bridgehead atoms. The summed E-state index contributed by atoms with van der Waals surface area (Å²) in [5.41, 5.74) is 2.98. The molecule has 0 aliphatic carbocycles. The Kier molecular flexibility index (Phi) is 3.87. The fraction of sp³-hybridized carbons (Fsp3) is 0.471. The highest BCUT2D eigenvalue weighted by molar-refractivity contribution is 7.10. The van der Waals surface area contributed by atoms with Crippen molar-refractivity contribution in [3.8, 4) is 0 Å². The Hall–Kier alpha value is -1.79. The van der Waals surface area contributed by atoms with Crippen molar-refractivity contribution in [2.45, 2.75) is 38.8 Å². The van der Waals surface area contributed by atoms with Gasteiger partial charge < -0.3 is 10.2 Å². The van der Waals surface area contributed by atoms with E-state index in [2.05, 4.69) is 10.3 Å². The lowest BCUT2D eigenvalue weighted by Crippen LogP contribution is -2.36. The molecule has 1 saturated heterocycles. The Morgan fingerprint density at radius 3 is 3.13 bits per heavy atom. The quantitative estimate of drug-likeness (QED) is 0.920. The number of hydrogen-bond acceptors (Lipinski definition) is 5. The first-order chi connectivity index (χ1) is 11.2. The number of rotatable bonds is 2. The highest BCUT2D eigenvalue weighted by atomic mass is 32.1. The molecular weight excluding hydrogens is 308 g/mol. The third-order valence-electron chi connectivity index (χ3n) is 4.59. The lowest BCUT2D eigenvalue weighted by molar-refractivity contribution is 0.0733. The number of fused-ring (bicyclic) bond motifs is 1. The van der Waals surface area contributed by atoms with Gasteiger partial charge >= 0.3 is 0 Å². The number of carbonyl (C=O) groups excluding carboxylic acids is 1. The standard InChI is InChI=1S/C17H20N4OS/c1-11-7-12(10-23-11)17(22)21-6-4-14-13(9-21)8-19-16(20-14)15-3-2-5-18-15/h7-8,10,15,18H,2-6,9H2,1H3/t15-/m1/s1. The molecule has 1 N–H and O–H groups in total. The summed E-state index contributed by atoms with van der Waals surface area (Å²) in [6, 6.07) is 2.27. The van der Waals surface area contributed by atoms with E-state index in [4.69, 9.17) is 4.98 Å². The zero-order valence-corrected chi connectivity index (χ0v) is 14.0. The van der Waals surface area contributed by atoms with Gasteiger partial charge in [-0.15, -0.1) is 11.3 Å². The maximum absolute atomic E-state index is 12.6. The number of carbonyl (C=O) groups is 1. The summed E-state index contributed by atoms with van der Waals surface area (Å²) in [5, 5.41) is 5.39. The van der Waals surface area contributed by atoms with Gasteiger partial charge in [0.05, 0.1) is 17.3 Å². The molecule has 120 valence electrons. The molecule has 6 heteroatoms. The highest BCUT2D eigenvalue weighted by Gasteiger charge is 2.25. The minimum absolute atomic E-state index is 0.113. The van der Waals surface area contributed by atoms with Crippen LogP contribution in [-0.4, -0.2) is 33.9 Å². The van der Waals surface area contributed by atoms with E-state index in [1.54, 1.807) is 11.3 Å². The average molecular weight is 328 g/mol. The Balaban J connectivity index is 1.52. The van der Waals surface area contributed by atoms with Crippen LogP contribution in [0.5, 0.6) is 0 Å². The third-order valence-corrected chi connectivity index (χ3v) is 5.45. The normalized spacial score (nSPS) is 20.6. The number of amides is 1. The van der Waals surface area contributed by atoms with Gasteiger partial charge in [-0.2, -0.15) is 0 Å². The first kappa shape index (κ1) is 14.8. The molecule has 2 aliphatic heterocycles. The largest absolute Gasteiger partial charge is 0.334 e. The highest BCUT2D eigenvalue weighted by Crippen LogP contribution is 2.24. The van der Waals surface area contributed by atoms with E-state index in [0.29, 0.717) is 12.6 Å². The summed E-state index contributed by atoms with van der Waals surface area (Å²) in [4.78, 5) is 24.9. The van der Waals surface area contributed by atoms with Crippen LogP contribution in [0.25, 0.3) is 0 Å². The molecule has 1 fully saturated rings. The molecule has 1 amide bonds. The average Bonchev–Trinajstić information content (AvgIpc) is 3.25. The molecule has 4 heterocycles. The molecule has 2 aromatic rings. The zero-order valence-electron chi connectivity index (χ0n) is 13.2. The van der Waals surface area contributed by atoms with Gasteiger partial charge in [0.1, 0.15) is 5.82 Å². The van der Waals surface area contributed by atoms with Crippen LogP contribution in [0.4, 0.5) is 0 Å². The lowest BCUT2D eigenvalue weighted by Gasteiger charge is -2.28. The minimum atomic E-state index is 0.113. The molecule has 0 spiro atoms. The molecule has 0 unspecified atom stereocenters. The van der Waals surface area contributed by atoms with Crippen molar-refractivity contribution in [2.24, 2.45) is 0 Å². The molecule has 2 aliphatic rings. The van der Waals surface area contributed by atoms with E-state index in [0.717, 1.165) is 48.6 Å². The molecule has 0 saturated carbocycles. The van der Waals surface area contributed by atoms with Crippen LogP contribution in [0, 0.1) is 6.92 Å². The maximum Gasteiger partial charge on any atom is 0.255 e. The van der Waals surface area contributed by atoms with Gasteiger partial charge in [-0.1, -0.05) is 0 Å². The van der Waals surface area contributed by atoms with Gasteiger partial charge in [-0.05, 0) is 32.4 Å². The predicted molar refractivity (Wildman–Crippen MR) is 89.5 cm³/mol. The monoisotopic (exact) mass is 328 g/mol. The molecule has 5 nitrogen and oxygen atoms in total. The van der Waals surface area contributed by atoms with E-state index in [-0.39, 0.29) is 5.91 Å². The molecule has 2 aromatic heterocycles. The fourth-order valence-corrected chi connectivity index (χ4v) is 3.99. The van der Waals surface area contributed by atoms with E-state index in [9.17, 15) is 4.79 Å². The lowest BCUT2D eigenvalue weighted by atomic mass is 10.1. The summed E-state index contributed by atoms with van der Waals surface area (Å²) in [5.74, 6) is 1.02.